The van der Waals surface area contributed by atoms with Crippen molar-refractivity contribution < 1.29 is 19.1 Å². The first kappa shape index (κ1) is 21.0. The molecule has 0 bridgehead atoms. The van der Waals surface area contributed by atoms with Gasteiger partial charge in [0.2, 0.25) is 0 Å². The summed E-state index contributed by atoms with van der Waals surface area (Å²) in [4.78, 5) is 27.0. The molecule has 2 aromatic rings. The van der Waals surface area contributed by atoms with Crippen molar-refractivity contribution in [1.29, 1.82) is 0 Å². The van der Waals surface area contributed by atoms with Crippen molar-refractivity contribution in [3.05, 3.63) is 57.6 Å². The van der Waals surface area contributed by atoms with Crippen molar-refractivity contribution in [3.8, 4) is 11.5 Å². The number of carbonyl (C=O) groups excluding carboxylic acids is 2. The molecule has 6 nitrogen and oxygen atoms in total. The molecule has 0 radical (unpaired) electrons. The molecule has 3 rings (SSSR count). The number of para-hydroxylation sites is 1. The first-order valence-corrected chi connectivity index (χ1v) is 10.0. The monoisotopic (exact) mass is 474 g/mol. The number of nitrogens with one attached hydrogen (secondary N) is 1. The Morgan fingerprint density at radius 1 is 1.21 bits per heavy atom. The van der Waals surface area contributed by atoms with Crippen LogP contribution in [0.1, 0.15) is 18.1 Å². The Morgan fingerprint density at radius 2 is 1.93 bits per heavy atom. The van der Waals surface area contributed by atoms with Gasteiger partial charge in [0.1, 0.15) is 5.57 Å². The molecule has 1 aliphatic rings. The maximum atomic E-state index is 13.2. The van der Waals surface area contributed by atoms with Crippen LogP contribution in [-0.2, 0) is 9.59 Å². The van der Waals surface area contributed by atoms with Gasteiger partial charge in [0, 0.05) is 4.47 Å². The number of thiocarbonyl (C=S) groups is 1. The zero-order valence-electron chi connectivity index (χ0n) is 16.1. The topological polar surface area (TPSA) is 67.9 Å². The fourth-order valence-corrected chi connectivity index (χ4v) is 3.65. The van der Waals surface area contributed by atoms with Crippen molar-refractivity contribution in [1.82, 2.24) is 5.32 Å². The van der Waals surface area contributed by atoms with Crippen molar-refractivity contribution in [2.24, 2.45) is 0 Å². The molecular formula is C21H19BrN2O4S. The summed E-state index contributed by atoms with van der Waals surface area (Å²) < 4.78 is 11.6. The normalized spacial score (nSPS) is 15.5. The number of methoxy groups -OCH3 is 1. The molecule has 0 aliphatic carbocycles. The van der Waals surface area contributed by atoms with Crippen LogP contribution in [0.5, 0.6) is 11.5 Å². The van der Waals surface area contributed by atoms with Crippen molar-refractivity contribution >= 4 is 56.8 Å². The minimum Gasteiger partial charge on any atom is -0.493 e. The van der Waals surface area contributed by atoms with Crippen LogP contribution < -0.4 is 19.7 Å². The molecule has 1 heterocycles. The lowest BCUT2D eigenvalue weighted by Crippen LogP contribution is -2.54. The molecule has 29 heavy (non-hydrogen) atoms. The second-order valence-corrected chi connectivity index (χ2v) is 7.44. The van der Waals surface area contributed by atoms with E-state index in [4.69, 9.17) is 21.7 Å². The molecule has 2 amide bonds. The number of hydrogen-bond donors (Lipinski definition) is 1. The molecule has 2 aromatic carbocycles. The van der Waals surface area contributed by atoms with Crippen LogP contribution in [0.15, 0.2) is 46.4 Å². The lowest BCUT2D eigenvalue weighted by Gasteiger charge is -2.30. The Balaban J connectivity index is 2.06. The van der Waals surface area contributed by atoms with Crippen LogP contribution in [0, 0.1) is 6.92 Å². The van der Waals surface area contributed by atoms with E-state index in [-0.39, 0.29) is 10.7 Å². The summed E-state index contributed by atoms with van der Waals surface area (Å²) in [6.45, 7) is 4.23. The van der Waals surface area contributed by atoms with E-state index in [9.17, 15) is 9.59 Å². The summed E-state index contributed by atoms with van der Waals surface area (Å²) in [6, 6.07) is 10.8. The summed E-state index contributed by atoms with van der Waals surface area (Å²) in [7, 11) is 1.53. The van der Waals surface area contributed by atoms with Crippen LogP contribution in [0.3, 0.4) is 0 Å². The first-order valence-electron chi connectivity index (χ1n) is 8.84. The molecule has 0 saturated carbocycles. The fourth-order valence-electron chi connectivity index (χ4n) is 2.94. The molecule has 1 N–H and O–H groups in total. The number of ether oxygens (including phenoxy) is 2. The minimum absolute atomic E-state index is 0.0335. The molecule has 1 aliphatic heterocycles. The van der Waals surface area contributed by atoms with Gasteiger partial charge < -0.3 is 9.47 Å². The van der Waals surface area contributed by atoms with Gasteiger partial charge in [-0.15, -0.1) is 0 Å². The number of amides is 2. The van der Waals surface area contributed by atoms with E-state index in [2.05, 4.69) is 21.2 Å². The van der Waals surface area contributed by atoms with Gasteiger partial charge in [-0.05, 0) is 61.5 Å². The van der Waals surface area contributed by atoms with Crippen molar-refractivity contribution in [3.63, 3.8) is 0 Å². The van der Waals surface area contributed by atoms with Crippen LogP contribution in [0.25, 0.3) is 6.08 Å². The third kappa shape index (κ3) is 4.18. The zero-order valence-corrected chi connectivity index (χ0v) is 18.5. The van der Waals surface area contributed by atoms with E-state index < -0.39 is 11.8 Å². The van der Waals surface area contributed by atoms with Crippen molar-refractivity contribution in [2.45, 2.75) is 13.8 Å². The van der Waals surface area contributed by atoms with Gasteiger partial charge in [-0.2, -0.15) is 0 Å². The average molecular weight is 475 g/mol. The Labute approximate surface area is 182 Å². The zero-order chi connectivity index (χ0) is 21.1. The first-order chi connectivity index (χ1) is 13.9. The number of hydrogen-bond acceptors (Lipinski definition) is 5. The second-order valence-electron chi connectivity index (χ2n) is 6.20. The standard InChI is InChI=1S/C21H19BrN2O4S/c1-4-28-18-11-15(22)13(10-17(18)27-3)9-14-19(25)23-21(29)24(20(14)26)16-8-6-5-7-12(16)2/h5-11H,4H2,1-3H3,(H,23,25,29)/b14-9+. The molecule has 1 saturated heterocycles. The summed E-state index contributed by atoms with van der Waals surface area (Å²) in [5.41, 5.74) is 2.05. The van der Waals surface area contributed by atoms with Gasteiger partial charge in [-0.1, -0.05) is 34.1 Å². The van der Waals surface area contributed by atoms with E-state index in [1.165, 1.54) is 18.1 Å². The van der Waals surface area contributed by atoms with E-state index >= 15 is 0 Å². The van der Waals surface area contributed by atoms with E-state index in [0.29, 0.717) is 33.8 Å². The van der Waals surface area contributed by atoms with E-state index in [1.54, 1.807) is 18.2 Å². The molecule has 0 unspecified atom stereocenters. The molecule has 0 spiro atoms. The number of anilines is 1. The Hall–Kier alpha value is -2.71. The predicted octanol–water partition coefficient (Wildman–Crippen LogP) is 4.00. The molecule has 0 atom stereocenters. The number of rotatable bonds is 5. The summed E-state index contributed by atoms with van der Waals surface area (Å²) in [5.74, 6) is 0.0143. The molecule has 0 aromatic heterocycles. The average Bonchev–Trinajstić information content (AvgIpc) is 2.68. The van der Waals surface area contributed by atoms with Gasteiger partial charge in [0.15, 0.2) is 16.6 Å². The summed E-state index contributed by atoms with van der Waals surface area (Å²) in [6.07, 6.45) is 1.51. The largest absolute Gasteiger partial charge is 0.493 e. The summed E-state index contributed by atoms with van der Waals surface area (Å²) >= 11 is 8.72. The molecular weight excluding hydrogens is 456 g/mol. The van der Waals surface area contributed by atoms with Gasteiger partial charge in [0.05, 0.1) is 19.4 Å². The van der Waals surface area contributed by atoms with Crippen LogP contribution in [-0.4, -0.2) is 30.6 Å². The Kier molecular flexibility index (Phi) is 6.34. The minimum atomic E-state index is -0.551. The third-order valence-corrected chi connectivity index (χ3v) is 5.31. The lowest BCUT2D eigenvalue weighted by atomic mass is 10.1. The molecule has 150 valence electrons. The number of carbonyl (C=O) groups is 2. The van der Waals surface area contributed by atoms with Crippen LogP contribution in [0.2, 0.25) is 0 Å². The second kappa shape index (κ2) is 8.75. The highest BCUT2D eigenvalue weighted by Crippen LogP contribution is 2.35. The van der Waals surface area contributed by atoms with Gasteiger partial charge >= 0.3 is 0 Å². The van der Waals surface area contributed by atoms with Crippen LogP contribution in [0.4, 0.5) is 5.69 Å². The third-order valence-electron chi connectivity index (χ3n) is 4.34. The predicted molar refractivity (Wildman–Crippen MR) is 119 cm³/mol. The number of aryl methyl sites for hydroxylation is 1. The molecule has 1 fully saturated rings. The highest BCUT2D eigenvalue weighted by atomic mass is 79.9. The van der Waals surface area contributed by atoms with Gasteiger partial charge in [-0.3, -0.25) is 19.8 Å². The maximum Gasteiger partial charge on any atom is 0.270 e. The van der Waals surface area contributed by atoms with Crippen molar-refractivity contribution in [2.75, 3.05) is 18.6 Å². The lowest BCUT2D eigenvalue weighted by molar-refractivity contribution is -0.122. The Morgan fingerprint density at radius 3 is 2.59 bits per heavy atom. The Bertz CT molecular complexity index is 1040. The SMILES string of the molecule is CCOc1cc(Br)c(/C=C2\C(=O)NC(=S)N(c3ccccc3C)C2=O)cc1OC. The van der Waals surface area contributed by atoms with E-state index in [0.717, 1.165) is 5.56 Å². The quantitative estimate of drug-likeness (QED) is 0.403. The molecule has 8 heteroatoms. The summed E-state index contributed by atoms with van der Waals surface area (Å²) in [5, 5.41) is 2.64. The number of halogens is 1. The van der Waals surface area contributed by atoms with Crippen LogP contribution >= 0.6 is 28.1 Å². The fraction of sp³-hybridized carbons (Fsp3) is 0.190. The van der Waals surface area contributed by atoms with Gasteiger partial charge in [-0.25, -0.2) is 0 Å². The number of benzene rings is 2. The highest BCUT2D eigenvalue weighted by Gasteiger charge is 2.35. The highest BCUT2D eigenvalue weighted by molar-refractivity contribution is 9.10. The number of nitrogens with zero attached hydrogens (tertiary/aromatic N) is 1. The smallest absolute Gasteiger partial charge is 0.270 e. The van der Waals surface area contributed by atoms with E-state index in [1.807, 2.05) is 32.0 Å². The van der Waals surface area contributed by atoms with Gasteiger partial charge in [0.25, 0.3) is 11.8 Å². The maximum absolute atomic E-state index is 13.2.